The molecule has 21 heavy (non-hydrogen) atoms. The number of nitrogens with one attached hydrogen (secondary N) is 2. The third-order valence-electron chi connectivity index (χ3n) is 3.20. The van der Waals surface area contributed by atoms with Gasteiger partial charge in [0.1, 0.15) is 0 Å². The van der Waals surface area contributed by atoms with Crippen molar-refractivity contribution in [2.45, 2.75) is 52.9 Å². The molecule has 0 bridgehead atoms. The van der Waals surface area contributed by atoms with Crippen LogP contribution in [0.5, 0.6) is 0 Å². The molecule has 4 nitrogen and oxygen atoms in total. The summed E-state index contributed by atoms with van der Waals surface area (Å²) in [6.07, 6.45) is 4.89. The molecule has 1 rings (SSSR count). The molecule has 1 aromatic carbocycles. The lowest BCUT2D eigenvalue weighted by molar-refractivity contribution is -0.119. The average molecular weight is 290 g/mol. The standard InChI is InChI=1S/C17H26N2O2/c1-4-5-6-7-11-16(20)18-14-9-8-10-15(12-14)19-17(21)13(2)3/h8-10,12-13H,4-7,11H2,1-3H3,(H,18,20)(H,19,21). The molecule has 0 aliphatic carbocycles. The maximum Gasteiger partial charge on any atom is 0.226 e. The van der Waals surface area contributed by atoms with E-state index >= 15 is 0 Å². The zero-order valence-electron chi connectivity index (χ0n) is 13.2. The predicted octanol–water partition coefficient (Wildman–Crippen LogP) is 4.19. The van der Waals surface area contributed by atoms with Crippen LogP contribution in [0.1, 0.15) is 52.9 Å². The Hall–Kier alpha value is -1.84. The molecule has 0 radical (unpaired) electrons. The van der Waals surface area contributed by atoms with E-state index in [1.54, 1.807) is 6.07 Å². The summed E-state index contributed by atoms with van der Waals surface area (Å²) < 4.78 is 0. The topological polar surface area (TPSA) is 58.2 Å². The number of carbonyl (C=O) groups excluding carboxylic acids is 2. The number of anilines is 2. The number of amides is 2. The van der Waals surface area contributed by atoms with Crippen LogP contribution in [0, 0.1) is 5.92 Å². The van der Waals surface area contributed by atoms with E-state index in [0.29, 0.717) is 12.1 Å². The summed E-state index contributed by atoms with van der Waals surface area (Å²) in [6, 6.07) is 7.25. The molecule has 116 valence electrons. The summed E-state index contributed by atoms with van der Waals surface area (Å²) in [6.45, 7) is 5.84. The largest absolute Gasteiger partial charge is 0.326 e. The highest BCUT2D eigenvalue weighted by Crippen LogP contribution is 2.16. The molecule has 0 atom stereocenters. The van der Waals surface area contributed by atoms with Crippen molar-refractivity contribution in [1.82, 2.24) is 0 Å². The molecule has 0 aromatic heterocycles. The smallest absolute Gasteiger partial charge is 0.226 e. The summed E-state index contributed by atoms with van der Waals surface area (Å²) in [5.41, 5.74) is 1.43. The first kappa shape index (κ1) is 17.2. The van der Waals surface area contributed by atoms with Crippen molar-refractivity contribution in [1.29, 1.82) is 0 Å². The van der Waals surface area contributed by atoms with Gasteiger partial charge in [-0.1, -0.05) is 46.1 Å². The quantitative estimate of drug-likeness (QED) is 0.705. The van der Waals surface area contributed by atoms with Gasteiger partial charge in [0.05, 0.1) is 0 Å². The molecule has 0 unspecified atom stereocenters. The van der Waals surface area contributed by atoms with E-state index in [9.17, 15) is 9.59 Å². The van der Waals surface area contributed by atoms with Crippen molar-refractivity contribution in [2.75, 3.05) is 10.6 Å². The minimum absolute atomic E-state index is 0.0263. The van der Waals surface area contributed by atoms with Gasteiger partial charge in [-0.2, -0.15) is 0 Å². The van der Waals surface area contributed by atoms with Gasteiger partial charge < -0.3 is 10.6 Å². The Morgan fingerprint density at radius 2 is 1.71 bits per heavy atom. The van der Waals surface area contributed by atoms with E-state index in [4.69, 9.17) is 0 Å². The van der Waals surface area contributed by atoms with Crippen LogP contribution in [0.25, 0.3) is 0 Å². The number of rotatable bonds is 8. The van der Waals surface area contributed by atoms with Crippen molar-refractivity contribution in [3.8, 4) is 0 Å². The van der Waals surface area contributed by atoms with Crippen LogP contribution in [-0.4, -0.2) is 11.8 Å². The van der Waals surface area contributed by atoms with Gasteiger partial charge in [-0.3, -0.25) is 9.59 Å². The van der Waals surface area contributed by atoms with Crippen molar-refractivity contribution in [2.24, 2.45) is 5.92 Å². The predicted molar refractivity (Wildman–Crippen MR) is 87.3 cm³/mol. The van der Waals surface area contributed by atoms with Crippen molar-refractivity contribution >= 4 is 23.2 Å². The zero-order valence-corrected chi connectivity index (χ0v) is 13.2. The van der Waals surface area contributed by atoms with Crippen molar-refractivity contribution in [3.63, 3.8) is 0 Å². The second-order valence-corrected chi connectivity index (χ2v) is 5.58. The van der Waals surface area contributed by atoms with Crippen LogP contribution in [0.3, 0.4) is 0 Å². The Labute approximate surface area is 127 Å². The van der Waals surface area contributed by atoms with Crippen LogP contribution in [0.15, 0.2) is 24.3 Å². The van der Waals surface area contributed by atoms with Crippen LogP contribution in [0.4, 0.5) is 11.4 Å². The minimum Gasteiger partial charge on any atom is -0.326 e. The Balaban J connectivity index is 2.48. The fourth-order valence-corrected chi connectivity index (χ4v) is 1.90. The highest BCUT2D eigenvalue weighted by atomic mass is 16.2. The summed E-state index contributed by atoms with van der Waals surface area (Å²) in [5, 5.41) is 5.70. The molecule has 0 saturated heterocycles. The Kier molecular flexibility index (Phi) is 7.51. The van der Waals surface area contributed by atoms with E-state index in [1.165, 1.54) is 12.8 Å². The molecule has 0 aliphatic heterocycles. The molecule has 0 aliphatic rings. The molecule has 2 N–H and O–H groups in total. The number of hydrogen-bond donors (Lipinski definition) is 2. The normalized spacial score (nSPS) is 10.5. The first-order valence-corrected chi connectivity index (χ1v) is 7.73. The molecular weight excluding hydrogens is 264 g/mol. The summed E-state index contributed by atoms with van der Waals surface area (Å²) >= 11 is 0. The lowest BCUT2D eigenvalue weighted by atomic mass is 10.1. The average Bonchev–Trinajstić information content (AvgIpc) is 2.44. The van der Waals surface area contributed by atoms with Crippen molar-refractivity contribution < 1.29 is 9.59 Å². The maximum atomic E-state index is 11.8. The van der Waals surface area contributed by atoms with Crippen LogP contribution >= 0.6 is 0 Å². The van der Waals surface area contributed by atoms with Gasteiger partial charge in [0.2, 0.25) is 11.8 Å². The van der Waals surface area contributed by atoms with Gasteiger partial charge in [0, 0.05) is 23.7 Å². The number of benzene rings is 1. The van der Waals surface area contributed by atoms with Crippen molar-refractivity contribution in [3.05, 3.63) is 24.3 Å². The highest BCUT2D eigenvalue weighted by molar-refractivity contribution is 5.94. The summed E-state index contributed by atoms with van der Waals surface area (Å²) in [4.78, 5) is 23.5. The van der Waals surface area contributed by atoms with Gasteiger partial charge in [0.25, 0.3) is 0 Å². The molecular formula is C17H26N2O2. The molecule has 1 aromatic rings. The van der Waals surface area contributed by atoms with E-state index in [-0.39, 0.29) is 17.7 Å². The monoisotopic (exact) mass is 290 g/mol. The second kappa shape index (κ2) is 9.16. The van der Waals surface area contributed by atoms with Gasteiger partial charge in [0.15, 0.2) is 0 Å². The maximum absolute atomic E-state index is 11.8. The minimum atomic E-state index is -0.0678. The fraction of sp³-hybridized carbons (Fsp3) is 0.529. The number of unbranched alkanes of at least 4 members (excludes halogenated alkanes) is 3. The molecule has 2 amide bonds. The molecule has 0 heterocycles. The molecule has 0 fully saturated rings. The summed E-state index contributed by atoms with van der Waals surface area (Å²) in [5.74, 6) is -0.0710. The summed E-state index contributed by atoms with van der Waals surface area (Å²) in [7, 11) is 0. The number of hydrogen-bond acceptors (Lipinski definition) is 2. The molecule has 4 heteroatoms. The third-order valence-corrected chi connectivity index (χ3v) is 3.20. The second-order valence-electron chi connectivity index (χ2n) is 5.58. The van der Waals surface area contributed by atoms with E-state index in [1.807, 2.05) is 32.0 Å². The number of carbonyl (C=O) groups is 2. The van der Waals surface area contributed by atoms with E-state index < -0.39 is 0 Å². The van der Waals surface area contributed by atoms with Gasteiger partial charge in [-0.25, -0.2) is 0 Å². The molecule has 0 saturated carbocycles. The Morgan fingerprint density at radius 1 is 1.05 bits per heavy atom. The fourth-order valence-electron chi connectivity index (χ4n) is 1.90. The van der Waals surface area contributed by atoms with Crippen LogP contribution in [-0.2, 0) is 9.59 Å². The molecule has 0 spiro atoms. The lowest BCUT2D eigenvalue weighted by Gasteiger charge is -2.10. The first-order chi connectivity index (χ1) is 10.0. The van der Waals surface area contributed by atoms with Gasteiger partial charge in [-0.15, -0.1) is 0 Å². The Morgan fingerprint density at radius 3 is 2.33 bits per heavy atom. The first-order valence-electron chi connectivity index (χ1n) is 7.73. The third kappa shape index (κ3) is 6.93. The van der Waals surface area contributed by atoms with Crippen LogP contribution in [0.2, 0.25) is 0 Å². The SMILES string of the molecule is CCCCCCC(=O)Nc1cccc(NC(=O)C(C)C)c1. The van der Waals surface area contributed by atoms with Gasteiger partial charge in [-0.05, 0) is 24.6 Å². The van der Waals surface area contributed by atoms with Crippen LogP contribution < -0.4 is 10.6 Å². The Bertz CT molecular complexity index is 470. The van der Waals surface area contributed by atoms with Gasteiger partial charge >= 0.3 is 0 Å². The lowest BCUT2D eigenvalue weighted by Crippen LogP contribution is -2.18. The van der Waals surface area contributed by atoms with E-state index in [0.717, 1.165) is 18.5 Å². The van der Waals surface area contributed by atoms with E-state index in [2.05, 4.69) is 17.6 Å². The highest BCUT2D eigenvalue weighted by Gasteiger charge is 2.08. The zero-order chi connectivity index (χ0) is 15.7.